The van der Waals surface area contributed by atoms with Gasteiger partial charge in [0, 0.05) is 17.1 Å². The van der Waals surface area contributed by atoms with Gasteiger partial charge in [-0.3, -0.25) is 0 Å². The van der Waals surface area contributed by atoms with Gasteiger partial charge in [-0.1, -0.05) is 0 Å². The quantitative estimate of drug-likeness (QED) is 0.747. The van der Waals surface area contributed by atoms with Gasteiger partial charge in [0.05, 0.1) is 15.7 Å². The second-order valence-corrected chi connectivity index (χ2v) is 5.82. The number of nitrogen functional groups attached to an aromatic ring is 1. The van der Waals surface area contributed by atoms with E-state index in [1.807, 2.05) is 17.5 Å². The Bertz CT molecular complexity index is 773. The number of nitrogens with two attached hydrogens (primary N) is 1. The summed E-state index contributed by atoms with van der Waals surface area (Å²) >= 11 is 4.66. The van der Waals surface area contributed by atoms with Crippen LogP contribution in [0.1, 0.15) is 0 Å². The Labute approximate surface area is 127 Å². The predicted molar refractivity (Wildman–Crippen MR) is 82.9 cm³/mol. The van der Waals surface area contributed by atoms with Crippen molar-refractivity contribution in [2.75, 3.05) is 5.73 Å². The molecule has 0 aliphatic carbocycles. The molecule has 6 heteroatoms. The van der Waals surface area contributed by atoms with Crippen molar-refractivity contribution in [3.05, 3.63) is 52.2 Å². The first kappa shape index (κ1) is 13.2. The summed E-state index contributed by atoms with van der Waals surface area (Å²) in [4.78, 5) is 8.59. The lowest BCUT2D eigenvalue weighted by molar-refractivity contribution is 0.621. The average molecular weight is 350 g/mol. The van der Waals surface area contributed by atoms with E-state index in [2.05, 4.69) is 25.9 Å². The molecule has 2 aromatic heterocycles. The molecular weight excluding hydrogens is 341 g/mol. The maximum absolute atomic E-state index is 13.2. The van der Waals surface area contributed by atoms with Gasteiger partial charge in [-0.25, -0.2) is 14.4 Å². The standard InChI is InChI=1S/C14H9BrFN3S/c15-10-6-8(3-4-11(10)16)12-7-20-14(19-12)9-2-1-5-18-13(9)17/h1-7H,(H2,17,18). The molecular formula is C14H9BrFN3S. The van der Waals surface area contributed by atoms with Crippen molar-refractivity contribution >= 4 is 33.1 Å². The summed E-state index contributed by atoms with van der Waals surface area (Å²) in [6.45, 7) is 0. The van der Waals surface area contributed by atoms with Gasteiger partial charge in [-0.2, -0.15) is 0 Å². The molecule has 20 heavy (non-hydrogen) atoms. The molecule has 0 bridgehead atoms. The highest BCUT2D eigenvalue weighted by Crippen LogP contribution is 2.32. The van der Waals surface area contributed by atoms with Crippen molar-refractivity contribution in [1.29, 1.82) is 0 Å². The minimum atomic E-state index is -0.291. The number of pyridine rings is 1. The third-order valence-electron chi connectivity index (χ3n) is 2.79. The first-order valence-electron chi connectivity index (χ1n) is 5.77. The van der Waals surface area contributed by atoms with E-state index in [1.165, 1.54) is 17.4 Å². The van der Waals surface area contributed by atoms with Crippen molar-refractivity contribution in [2.24, 2.45) is 0 Å². The largest absolute Gasteiger partial charge is 0.383 e. The zero-order chi connectivity index (χ0) is 14.1. The molecule has 100 valence electrons. The van der Waals surface area contributed by atoms with Gasteiger partial charge in [0.1, 0.15) is 16.6 Å². The number of thiazole rings is 1. The van der Waals surface area contributed by atoms with E-state index in [1.54, 1.807) is 18.3 Å². The van der Waals surface area contributed by atoms with Crippen LogP contribution in [0, 0.1) is 5.82 Å². The molecule has 3 nitrogen and oxygen atoms in total. The molecule has 0 amide bonds. The Morgan fingerprint density at radius 3 is 2.85 bits per heavy atom. The zero-order valence-corrected chi connectivity index (χ0v) is 12.6. The summed E-state index contributed by atoms with van der Waals surface area (Å²) in [6, 6.07) is 8.52. The number of hydrogen-bond donors (Lipinski definition) is 1. The van der Waals surface area contributed by atoms with Crippen LogP contribution in [0.3, 0.4) is 0 Å². The summed E-state index contributed by atoms with van der Waals surface area (Å²) in [5.74, 6) is 0.161. The highest BCUT2D eigenvalue weighted by molar-refractivity contribution is 9.10. The van der Waals surface area contributed by atoms with Gasteiger partial charge in [-0.05, 0) is 46.3 Å². The number of rotatable bonds is 2. The van der Waals surface area contributed by atoms with Crippen LogP contribution in [-0.4, -0.2) is 9.97 Å². The molecule has 0 spiro atoms. The van der Waals surface area contributed by atoms with Crippen LogP contribution in [-0.2, 0) is 0 Å². The topological polar surface area (TPSA) is 51.8 Å². The molecule has 3 rings (SSSR count). The van der Waals surface area contributed by atoms with Crippen LogP contribution in [0.2, 0.25) is 0 Å². The molecule has 3 aromatic rings. The van der Waals surface area contributed by atoms with E-state index >= 15 is 0 Å². The number of nitrogens with zero attached hydrogens (tertiary/aromatic N) is 2. The van der Waals surface area contributed by atoms with Gasteiger partial charge in [-0.15, -0.1) is 11.3 Å². The summed E-state index contributed by atoms with van der Waals surface area (Å²) in [7, 11) is 0. The Hall–Kier alpha value is -1.79. The monoisotopic (exact) mass is 349 g/mol. The van der Waals surface area contributed by atoms with Crippen LogP contribution in [0.5, 0.6) is 0 Å². The van der Waals surface area contributed by atoms with Gasteiger partial charge in [0.2, 0.25) is 0 Å². The molecule has 0 fully saturated rings. The second kappa shape index (κ2) is 5.30. The molecule has 0 radical (unpaired) electrons. The Kier molecular flexibility index (Phi) is 3.50. The first-order chi connectivity index (χ1) is 9.65. The summed E-state index contributed by atoms with van der Waals surface area (Å²) in [6.07, 6.45) is 1.64. The van der Waals surface area contributed by atoms with Gasteiger partial charge in [0.15, 0.2) is 0 Å². The predicted octanol–water partition coefficient (Wildman–Crippen LogP) is 4.36. The van der Waals surface area contributed by atoms with Crippen LogP contribution >= 0.6 is 27.3 Å². The average Bonchev–Trinajstić information content (AvgIpc) is 2.92. The lowest BCUT2D eigenvalue weighted by atomic mass is 10.2. The molecule has 2 N–H and O–H groups in total. The number of benzene rings is 1. The van der Waals surface area contributed by atoms with E-state index in [0.29, 0.717) is 10.3 Å². The summed E-state index contributed by atoms with van der Waals surface area (Å²) < 4.78 is 13.7. The van der Waals surface area contributed by atoms with Gasteiger partial charge in [0.25, 0.3) is 0 Å². The zero-order valence-electron chi connectivity index (χ0n) is 10.2. The number of hydrogen-bond acceptors (Lipinski definition) is 4. The van der Waals surface area contributed by atoms with Crippen LogP contribution in [0.4, 0.5) is 10.2 Å². The molecule has 0 aliphatic rings. The smallest absolute Gasteiger partial charge is 0.137 e. The number of halogens is 2. The normalized spacial score (nSPS) is 10.7. The molecule has 0 saturated carbocycles. The van der Waals surface area contributed by atoms with E-state index in [-0.39, 0.29) is 5.82 Å². The SMILES string of the molecule is Nc1ncccc1-c1nc(-c2ccc(F)c(Br)c2)cs1. The fraction of sp³-hybridized carbons (Fsp3) is 0. The van der Waals surface area contributed by atoms with Gasteiger partial charge < -0.3 is 5.73 Å². The van der Waals surface area contributed by atoms with Gasteiger partial charge >= 0.3 is 0 Å². The van der Waals surface area contributed by atoms with Crippen LogP contribution < -0.4 is 5.73 Å². The minimum absolute atomic E-state index is 0.291. The van der Waals surface area contributed by atoms with Crippen LogP contribution in [0.25, 0.3) is 21.8 Å². The fourth-order valence-corrected chi connectivity index (χ4v) is 3.03. The Morgan fingerprint density at radius 2 is 2.10 bits per heavy atom. The highest BCUT2D eigenvalue weighted by Gasteiger charge is 2.10. The molecule has 0 unspecified atom stereocenters. The molecule has 1 aromatic carbocycles. The lowest BCUT2D eigenvalue weighted by Crippen LogP contribution is -1.92. The Balaban J connectivity index is 2.02. The fourth-order valence-electron chi connectivity index (χ4n) is 1.78. The van der Waals surface area contributed by atoms with E-state index < -0.39 is 0 Å². The first-order valence-corrected chi connectivity index (χ1v) is 7.44. The second-order valence-electron chi connectivity index (χ2n) is 4.10. The van der Waals surface area contributed by atoms with E-state index in [0.717, 1.165) is 21.8 Å². The molecule has 0 aliphatic heterocycles. The maximum atomic E-state index is 13.2. The number of aromatic nitrogens is 2. The lowest BCUT2D eigenvalue weighted by Gasteiger charge is -2.00. The number of anilines is 1. The van der Waals surface area contributed by atoms with Crippen molar-refractivity contribution in [1.82, 2.24) is 9.97 Å². The molecule has 0 atom stereocenters. The third kappa shape index (κ3) is 2.44. The maximum Gasteiger partial charge on any atom is 0.137 e. The van der Waals surface area contributed by atoms with Crippen molar-refractivity contribution in [3.63, 3.8) is 0 Å². The van der Waals surface area contributed by atoms with Crippen molar-refractivity contribution in [3.8, 4) is 21.8 Å². The molecule has 0 saturated heterocycles. The van der Waals surface area contributed by atoms with E-state index in [4.69, 9.17) is 5.73 Å². The minimum Gasteiger partial charge on any atom is -0.383 e. The van der Waals surface area contributed by atoms with Crippen LogP contribution in [0.15, 0.2) is 46.4 Å². The molecule has 2 heterocycles. The van der Waals surface area contributed by atoms with E-state index in [9.17, 15) is 4.39 Å². The van der Waals surface area contributed by atoms with Crippen molar-refractivity contribution < 1.29 is 4.39 Å². The third-order valence-corrected chi connectivity index (χ3v) is 4.27. The Morgan fingerprint density at radius 1 is 1.25 bits per heavy atom. The van der Waals surface area contributed by atoms with Crippen molar-refractivity contribution in [2.45, 2.75) is 0 Å². The summed E-state index contributed by atoms with van der Waals surface area (Å²) in [5, 5.41) is 2.72. The highest BCUT2D eigenvalue weighted by atomic mass is 79.9. The summed E-state index contributed by atoms with van der Waals surface area (Å²) in [5.41, 5.74) is 8.29.